The second-order valence-corrected chi connectivity index (χ2v) is 4.88. The minimum absolute atomic E-state index is 0.0143. The van der Waals surface area contributed by atoms with Crippen molar-refractivity contribution in [3.63, 3.8) is 0 Å². The van der Waals surface area contributed by atoms with Gasteiger partial charge in [0.2, 0.25) is 0 Å². The molecular weight excluding hydrogens is 334 g/mol. The molecule has 0 aromatic carbocycles. The maximum Gasteiger partial charge on any atom is 0.395 e. The van der Waals surface area contributed by atoms with Crippen molar-refractivity contribution in [2.45, 2.75) is 5.92 Å². The summed E-state index contributed by atoms with van der Waals surface area (Å²) in [4.78, 5) is 30.1. The SMILES string of the molecule is O=C(O)C(=O)N1CC(=NCC(F)(F)c2ccccn2)NC=C1Cl. The molecule has 2 rings (SSSR count). The fourth-order valence-corrected chi connectivity index (χ4v) is 1.92. The van der Waals surface area contributed by atoms with E-state index in [9.17, 15) is 18.4 Å². The maximum absolute atomic E-state index is 14.0. The summed E-state index contributed by atoms with van der Waals surface area (Å²) in [6, 6.07) is 4.11. The summed E-state index contributed by atoms with van der Waals surface area (Å²) in [6.45, 7) is -1.26. The van der Waals surface area contributed by atoms with Crippen molar-refractivity contribution in [3.05, 3.63) is 41.4 Å². The minimum atomic E-state index is -3.30. The summed E-state index contributed by atoms with van der Waals surface area (Å²) in [6.07, 6.45) is 2.34. The molecule has 1 aliphatic heterocycles. The molecule has 23 heavy (non-hydrogen) atoms. The van der Waals surface area contributed by atoms with Crippen LogP contribution in [-0.2, 0) is 15.5 Å². The molecule has 0 aliphatic carbocycles. The van der Waals surface area contributed by atoms with Crippen LogP contribution in [0, 0.1) is 0 Å². The first-order chi connectivity index (χ1) is 10.8. The number of carbonyl (C=O) groups excluding carboxylic acids is 1. The Kier molecular flexibility index (Phi) is 4.89. The average Bonchev–Trinajstić information content (AvgIpc) is 2.54. The molecule has 1 aromatic rings. The normalized spacial score (nSPS) is 16.7. The second kappa shape index (κ2) is 6.69. The van der Waals surface area contributed by atoms with Gasteiger partial charge in [-0.3, -0.25) is 19.7 Å². The van der Waals surface area contributed by atoms with E-state index in [0.29, 0.717) is 4.90 Å². The number of carbonyl (C=O) groups is 2. The molecule has 122 valence electrons. The molecule has 10 heteroatoms. The van der Waals surface area contributed by atoms with Crippen molar-refractivity contribution in [3.8, 4) is 0 Å². The highest BCUT2D eigenvalue weighted by Gasteiger charge is 2.34. The van der Waals surface area contributed by atoms with Gasteiger partial charge in [0, 0.05) is 12.4 Å². The van der Waals surface area contributed by atoms with Crippen LogP contribution in [0.25, 0.3) is 0 Å². The third-order valence-electron chi connectivity index (χ3n) is 2.86. The zero-order chi connectivity index (χ0) is 17.0. The Morgan fingerprint density at radius 3 is 2.83 bits per heavy atom. The Morgan fingerprint density at radius 1 is 1.48 bits per heavy atom. The molecule has 7 nitrogen and oxygen atoms in total. The molecule has 0 unspecified atom stereocenters. The van der Waals surface area contributed by atoms with Gasteiger partial charge in [-0.05, 0) is 12.1 Å². The summed E-state index contributed by atoms with van der Waals surface area (Å²) in [5, 5.41) is 11.0. The van der Waals surface area contributed by atoms with Crippen molar-refractivity contribution in [2.75, 3.05) is 13.1 Å². The number of rotatable bonds is 3. The first-order valence-corrected chi connectivity index (χ1v) is 6.68. The summed E-state index contributed by atoms with van der Waals surface area (Å²) >= 11 is 5.70. The fraction of sp³-hybridized carbons (Fsp3) is 0.231. The molecule has 1 aromatic heterocycles. The summed E-state index contributed by atoms with van der Waals surface area (Å²) < 4.78 is 27.9. The van der Waals surface area contributed by atoms with Crippen LogP contribution in [0.4, 0.5) is 8.78 Å². The Hall–Kier alpha value is -2.55. The number of carboxylic acid groups (broad SMARTS) is 1. The number of nitrogens with zero attached hydrogens (tertiary/aromatic N) is 3. The number of aliphatic imine (C=N–C) groups is 1. The lowest BCUT2D eigenvalue weighted by atomic mass is 10.2. The van der Waals surface area contributed by atoms with Gasteiger partial charge in [-0.15, -0.1) is 0 Å². The lowest BCUT2D eigenvalue weighted by Gasteiger charge is -2.25. The van der Waals surface area contributed by atoms with E-state index < -0.39 is 30.0 Å². The Morgan fingerprint density at radius 2 is 2.22 bits per heavy atom. The molecular formula is C13H11ClF2N4O3. The molecule has 0 saturated carbocycles. The largest absolute Gasteiger partial charge is 0.474 e. The number of alkyl halides is 2. The van der Waals surface area contributed by atoms with Gasteiger partial charge in [0.25, 0.3) is 0 Å². The number of amidine groups is 1. The molecule has 0 fully saturated rings. The van der Waals surface area contributed by atoms with E-state index in [0.717, 1.165) is 6.20 Å². The smallest absolute Gasteiger partial charge is 0.395 e. The highest BCUT2D eigenvalue weighted by Crippen LogP contribution is 2.26. The van der Waals surface area contributed by atoms with Gasteiger partial charge in [-0.25, -0.2) is 4.79 Å². The van der Waals surface area contributed by atoms with E-state index in [2.05, 4.69) is 15.3 Å². The van der Waals surface area contributed by atoms with Crippen LogP contribution in [0.1, 0.15) is 5.69 Å². The van der Waals surface area contributed by atoms with Crippen molar-refractivity contribution < 1.29 is 23.5 Å². The predicted octanol–water partition coefficient (Wildman–Crippen LogP) is 1.13. The van der Waals surface area contributed by atoms with Crippen molar-refractivity contribution in [1.29, 1.82) is 0 Å². The molecule has 0 radical (unpaired) electrons. The number of pyridine rings is 1. The first-order valence-electron chi connectivity index (χ1n) is 6.31. The van der Waals surface area contributed by atoms with Gasteiger partial charge >= 0.3 is 17.8 Å². The van der Waals surface area contributed by atoms with Crippen LogP contribution in [0.2, 0.25) is 0 Å². The predicted molar refractivity (Wildman–Crippen MR) is 76.9 cm³/mol. The number of hydrogen-bond acceptors (Lipinski definition) is 4. The Balaban J connectivity index is 2.12. The summed E-state index contributed by atoms with van der Waals surface area (Å²) in [5.74, 6) is -6.31. The van der Waals surface area contributed by atoms with Crippen LogP contribution in [0.5, 0.6) is 0 Å². The monoisotopic (exact) mass is 344 g/mol. The van der Waals surface area contributed by atoms with Gasteiger partial charge in [-0.2, -0.15) is 8.78 Å². The lowest BCUT2D eigenvalue weighted by Crippen LogP contribution is -2.45. The number of aliphatic carboxylic acids is 1. The fourth-order valence-electron chi connectivity index (χ4n) is 1.73. The maximum atomic E-state index is 14.0. The molecule has 1 aliphatic rings. The number of nitrogens with one attached hydrogen (secondary N) is 1. The number of aromatic nitrogens is 1. The molecule has 0 spiro atoms. The van der Waals surface area contributed by atoms with Crippen LogP contribution >= 0.6 is 11.6 Å². The quantitative estimate of drug-likeness (QED) is 0.633. The van der Waals surface area contributed by atoms with E-state index in [4.69, 9.17) is 16.7 Å². The first kappa shape index (κ1) is 16.8. The van der Waals surface area contributed by atoms with E-state index in [1.807, 2.05) is 0 Å². The van der Waals surface area contributed by atoms with Crippen molar-refractivity contribution >= 4 is 29.3 Å². The number of halogens is 3. The highest BCUT2D eigenvalue weighted by molar-refractivity contribution is 6.37. The summed E-state index contributed by atoms with van der Waals surface area (Å²) in [5.41, 5.74) is -0.438. The van der Waals surface area contributed by atoms with E-state index in [-0.39, 0.29) is 17.5 Å². The van der Waals surface area contributed by atoms with Crippen molar-refractivity contribution in [1.82, 2.24) is 15.2 Å². The highest BCUT2D eigenvalue weighted by atomic mass is 35.5. The third-order valence-corrected chi connectivity index (χ3v) is 3.17. The van der Waals surface area contributed by atoms with Gasteiger partial charge in [0.1, 0.15) is 23.2 Å². The number of hydrogen-bond donors (Lipinski definition) is 2. The third kappa shape index (κ3) is 4.01. The van der Waals surface area contributed by atoms with Crippen molar-refractivity contribution in [2.24, 2.45) is 4.99 Å². The molecule has 0 bridgehead atoms. The van der Waals surface area contributed by atoms with Crippen LogP contribution < -0.4 is 5.32 Å². The number of amides is 1. The van der Waals surface area contributed by atoms with E-state index >= 15 is 0 Å². The Bertz CT molecular complexity index is 679. The average molecular weight is 345 g/mol. The minimum Gasteiger partial charge on any atom is -0.474 e. The van der Waals surface area contributed by atoms with Crippen LogP contribution in [0.3, 0.4) is 0 Å². The van der Waals surface area contributed by atoms with Gasteiger partial charge < -0.3 is 10.4 Å². The molecule has 2 N–H and O–H groups in total. The standard InChI is InChI=1S/C13H11ClF2N4O3/c14-9-5-18-10(6-20(9)11(21)12(22)23)19-7-13(15,16)8-3-1-2-4-17-8/h1-5H,6-7H2,(H,18,19)(H,22,23). The second-order valence-electron chi connectivity index (χ2n) is 4.49. The lowest BCUT2D eigenvalue weighted by molar-refractivity contribution is -0.154. The van der Waals surface area contributed by atoms with E-state index in [1.54, 1.807) is 0 Å². The number of carboxylic acids is 1. The van der Waals surface area contributed by atoms with Gasteiger partial charge in [0.15, 0.2) is 0 Å². The van der Waals surface area contributed by atoms with E-state index in [1.165, 1.54) is 24.4 Å². The van der Waals surface area contributed by atoms with Gasteiger partial charge in [-0.1, -0.05) is 17.7 Å². The zero-order valence-electron chi connectivity index (χ0n) is 11.5. The zero-order valence-corrected chi connectivity index (χ0v) is 12.3. The molecule has 0 saturated heterocycles. The molecule has 2 heterocycles. The molecule has 0 atom stereocenters. The molecule has 1 amide bonds. The van der Waals surface area contributed by atoms with Crippen LogP contribution in [-0.4, -0.2) is 45.8 Å². The Labute approximate surface area is 134 Å². The van der Waals surface area contributed by atoms with Gasteiger partial charge in [0.05, 0.1) is 6.54 Å². The topological polar surface area (TPSA) is 94.9 Å². The summed E-state index contributed by atoms with van der Waals surface area (Å²) in [7, 11) is 0. The van der Waals surface area contributed by atoms with Crippen LogP contribution in [0.15, 0.2) is 40.7 Å².